The van der Waals surface area contributed by atoms with Crippen LogP contribution in [-0.2, 0) is 21.4 Å². The smallest absolute Gasteiger partial charge is 0.243 e. The summed E-state index contributed by atoms with van der Waals surface area (Å²) in [5.41, 5.74) is 2.10. The predicted molar refractivity (Wildman–Crippen MR) is 134 cm³/mol. The third-order valence-electron chi connectivity index (χ3n) is 5.80. The fourth-order valence-corrected chi connectivity index (χ4v) is 6.58. The van der Waals surface area contributed by atoms with Crippen molar-refractivity contribution in [1.29, 1.82) is 0 Å². The lowest BCUT2D eigenvalue weighted by Crippen LogP contribution is -2.36. The molecule has 0 bridgehead atoms. The van der Waals surface area contributed by atoms with Crippen LogP contribution in [0.2, 0.25) is 0 Å². The van der Waals surface area contributed by atoms with E-state index in [9.17, 15) is 13.2 Å². The van der Waals surface area contributed by atoms with E-state index in [-0.39, 0.29) is 16.6 Å². The first-order valence-electron chi connectivity index (χ1n) is 11.4. The third kappa shape index (κ3) is 5.34. The number of nitrogens with one attached hydrogen (secondary N) is 1. The van der Waals surface area contributed by atoms with Gasteiger partial charge in [-0.05, 0) is 44.4 Å². The molecule has 8 nitrogen and oxygen atoms in total. The summed E-state index contributed by atoms with van der Waals surface area (Å²) in [4.78, 5) is 12.9. The van der Waals surface area contributed by atoms with E-state index in [0.29, 0.717) is 36.0 Å². The molecule has 0 unspecified atom stereocenters. The van der Waals surface area contributed by atoms with E-state index in [2.05, 4.69) is 15.5 Å². The molecule has 34 heavy (non-hydrogen) atoms. The Balaban J connectivity index is 1.44. The Morgan fingerprint density at radius 2 is 1.79 bits per heavy atom. The second-order valence-corrected chi connectivity index (χ2v) is 11.0. The van der Waals surface area contributed by atoms with Gasteiger partial charge in [-0.2, -0.15) is 4.31 Å². The number of benzene rings is 2. The molecule has 1 amide bonds. The molecule has 0 spiro atoms. The van der Waals surface area contributed by atoms with E-state index < -0.39 is 10.0 Å². The molecule has 2 aromatic carbocycles. The quantitative estimate of drug-likeness (QED) is 0.467. The van der Waals surface area contributed by atoms with Gasteiger partial charge in [0, 0.05) is 30.9 Å². The fraction of sp³-hybridized carbons (Fsp3) is 0.375. The first kappa shape index (κ1) is 24.4. The van der Waals surface area contributed by atoms with Crippen LogP contribution in [0.3, 0.4) is 0 Å². The topological polar surface area (TPSA) is 97.2 Å². The van der Waals surface area contributed by atoms with E-state index >= 15 is 0 Å². The molecule has 10 heteroatoms. The number of hydrogen-bond acceptors (Lipinski definition) is 6. The van der Waals surface area contributed by atoms with Crippen LogP contribution in [0.4, 0.5) is 5.69 Å². The molecular weight excluding hydrogens is 470 g/mol. The van der Waals surface area contributed by atoms with Crippen molar-refractivity contribution in [2.45, 2.75) is 49.7 Å². The average molecular weight is 500 g/mol. The number of aryl methyl sites for hydroxylation is 1. The van der Waals surface area contributed by atoms with Gasteiger partial charge in [0.1, 0.15) is 0 Å². The normalized spacial score (nSPS) is 14.8. The lowest BCUT2D eigenvalue weighted by Gasteiger charge is -2.26. The molecule has 2 heterocycles. The lowest BCUT2D eigenvalue weighted by molar-refractivity contribution is -0.113. The second kappa shape index (κ2) is 10.7. The van der Waals surface area contributed by atoms with Crippen LogP contribution in [0, 0.1) is 6.92 Å². The van der Waals surface area contributed by atoms with Gasteiger partial charge in [-0.1, -0.05) is 54.6 Å². The van der Waals surface area contributed by atoms with Gasteiger partial charge in [0.2, 0.25) is 15.9 Å². The van der Waals surface area contributed by atoms with Gasteiger partial charge in [-0.3, -0.25) is 4.79 Å². The number of thioether (sulfide) groups is 1. The molecule has 1 aliphatic heterocycles. The highest BCUT2D eigenvalue weighted by molar-refractivity contribution is 7.99. The summed E-state index contributed by atoms with van der Waals surface area (Å²) in [5, 5.41) is 12.1. The van der Waals surface area contributed by atoms with Crippen molar-refractivity contribution in [3.63, 3.8) is 0 Å². The number of anilines is 1. The Hall–Kier alpha value is -2.69. The highest BCUT2D eigenvalue weighted by atomic mass is 32.2. The monoisotopic (exact) mass is 499 g/mol. The summed E-state index contributed by atoms with van der Waals surface area (Å²) in [6.45, 7) is 5.55. The molecule has 4 rings (SSSR count). The maximum absolute atomic E-state index is 13.1. The summed E-state index contributed by atoms with van der Waals surface area (Å²) < 4.78 is 29.8. The molecule has 1 saturated heterocycles. The van der Waals surface area contributed by atoms with Crippen molar-refractivity contribution in [3.8, 4) is 11.4 Å². The number of rotatable bonds is 8. The van der Waals surface area contributed by atoms with E-state index in [0.717, 1.165) is 30.7 Å². The molecule has 1 aliphatic rings. The van der Waals surface area contributed by atoms with Crippen LogP contribution < -0.4 is 5.32 Å². The molecule has 1 fully saturated rings. The minimum Gasteiger partial charge on any atom is -0.325 e. The van der Waals surface area contributed by atoms with E-state index in [1.165, 1.54) is 11.8 Å². The Kier molecular flexibility index (Phi) is 7.70. The van der Waals surface area contributed by atoms with Crippen molar-refractivity contribution < 1.29 is 13.2 Å². The van der Waals surface area contributed by atoms with Gasteiger partial charge in [-0.25, -0.2) is 8.42 Å². The average Bonchev–Trinajstić information content (AvgIpc) is 3.28. The summed E-state index contributed by atoms with van der Waals surface area (Å²) in [5.74, 6) is 0.661. The SMILES string of the molecule is CCn1c(SCC(=O)Nc2ccc(C)c(S(=O)(=O)N3CCCCC3)c2)nnc1-c1ccccc1. The first-order chi connectivity index (χ1) is 16.4. The summed E-state index contributed by atoms with van der Waals surface area (Å²) in [6, 6.07) is 14.8. The molecule has 0 radical (unpaired) electrons. The molecule has 180 valence electrons. The number of carbonyl (C=O) groups excluding carboxylic acids is 1. The Morgan fingerprint density at radius 3 is 2.50 bits per heavy atom. The lowest BCUT2D eigenvalue weighted by atomic mass is 10.2. The van der Waals surface area contributed by atoms with Crippen molar-refractivity contribution >= 4 is 33.4 Å². The first-order valence-corrected chi connectivity index (χ1v) is 13.8. The number of hydrogen-bond donors (Lipinski definition) is 1. The van der Waals surface area contributed by atoms with Crippen LogP contribution in [0.5, 0.6) is 0 Å². The minimum absolute atomic E-state index is 0.134. The van der Waals surface area contributed by atoms with Gasteiger partial charge in [-0.15, -0.1) is 10.2 Å². The largest absolute Gasteiger partial charge is 0.325 e. The van der Waals surface area contributed by atoms with E-state index in [4.69, 9.17) is 0 Å². The van der Waals surface area contributed by atoms with Gasteiger partial charge >= 0.3 is 0 Å². The molecule has 0 saturated carbocycles. The fourth-order valence-electron chi connectivity index (χ4n) is 4.01. The number of nitrogens with zero attached hydrogens (tertiary/aromatic N) is 4. The second-order valence-electron chi connectivity index (χ2n) is 8.20. The summed E-state index contributed by atoms with van der Waals surface area (Å²) in [7, 11) is -3.58. The van der Waals surface area contributed by atoms with E-state index in [1.54, 1.807) is 29.4 Å². The van der Waals surface area contributed by atoms with E-state index in [1.807, 2.05) is 41.8 Å². The minimum atomic E-state index is -3.58. The molecular formula is C24H29N5O3S2. The van der Waals surface area contributed by atoms with Crippen molar-refractivity contribution in [2.75, 3.05) is 24.2 Å². The van der Waals surface area contributed by atoms with Crippen LogP contribution in [0.25, 0.3) is 11.4 Å². The molecule has 3 aromatic rings. The van der Waals surface area contributed by atoms with Gasteiger partial charge in [0.05, 0.1) is 10.6 Å². The summed E-state index contributed by atoms with van der Waals surface area (Å²) in [6.07, 6.45) is 2.80. The van der Waals surface area contributed by atoms with Crippen molar-refractivity contribution in [2.24, 2.45) is 0 Å². The van der Waals surface area contributed by atoms with Crippen LogP contribution in [0.1, 0.15) is 31.7 Å². The summed E-state index contributed by atoms with van der Waals surface area (Å²) >= 11 is 1.30. The van der Waals surface area contributed by atoms with Crippen LogP contribution in [-0.4, -0.2) is 52.2 Å². The van der Waals surface area contributed by atoms with Crippen LogP contribution >= 0.6 is 11.8 Å². The van der Waals surface area contributed by atoms with Crippen LogP contribution in [0.15, 0.2) is 58.6 Å². The number of piperidine rings is 1. The molecule has 0 atom stereocenters. The standard InChI is InChI=1S/C24H29N5O3S2/c1-3-29-23(19-10-6-4-7-11-19)26-27-24(29)33-17-22(30)25-20-13-12-18(2)21(16-20)34(31,32)28-14-8-5-9-15-28/h4,6-7,10-13,16H,3,5,8-9,14-15,17H2,1-2H3,(H,25,30). The predicted octanol–water partition coefficient (Wildman–Crippen LogP) is 4.18. The highest BCUT2D eigenvalue weighted by Crippen LogP contribution is 2.27. The third-order valence-corrected chi connectivity index (χ3v) is 8.81. The maximum atomic E-state index is 13.1. The van der Waals surface area contributed by atoms with Crippen molar-refractivity contribution in [3.05, 3.63) is 54.1 Å². The number of carbonyl (C=O) groups is 1. The Labute approximate surface area is 204 Å². The number of amides is 1. The van der Waals surface area contributed by atoms with Gasteiger partial charge < -0.3 is 9.88 Å². The highest BCUT2D eigenvalue weighted by Gasteiger charge is 2.27. The number of aromatic nitrogens is 3. The number of sulfonamides is 1. The zero-order valence-corrected chi connectivity index (χ0v) is 21.0. The van der Waals surface area contributed by atoms with Crippen molar-refractivity contribution in [1.82, 2.24) is 19.1 Å². The van der Waals surface area contributed by atoms with Gasteiger partial charge in [0.15, 0.2) is 11.0 Å². The molecule has 0 aliphatic carbocycles. The maximum Gasteiger partial charge on any atom is 0.243 e. The van der Waals surface area contributed by atoms with Gasteiger partial charge in [0.25, 0.3) is 0 Å². The Morgan fingerprint density at radius 1 is 1.06 bits per heavy atom. The zero-order valence-electron chi connectivity index (χ0n) is 19.4. The molecule has 1 N–H and O–H groups in total. The zero-order chi connectivity index (χ0) is 24.1. The Bertz CT molecular complexity index is 1250. The molecule has 1 aromatic heterocycles.